The van der Waals surface area contributed by atoms with E-state index >= 15 is 0 Å². The summed E-state index contributed by atoms with van der Waals surface area (Å²) >= 11 is 0. The molecule has 1 fully saturated rings. The summed E-state index contributed by atoms with van der Waals surface area (Å²) in [6.07, 6.45) is 3.88. The van der Waals surface area contributed by atoms with Crippen LogP contribution >= 0.6 is 0 Å². The van der Waals surface area contributed by atoms with Crippen molar-refractivity contribution in [1.82, 2.24) is 10.2 Å². The van der Waals surface area contributed by atoms with Crippen molar-refractivity contribution in [1.29, 1.82) is 0 Å². The lowest BCUT2D eigenvalue weighted by Gasteiger charge is -2.34. The summed E-state index contributed by atoms with van der Waals surface area (Å²) in [5.41, 5.74) is 2.05. The van der Waals surface area contributed by atoms with Crippen LogP contribution in [-0.4, -0.2) is 34.6 Å². The number of carboxylic acids is 1. The standard InChI is InChI=1S/C16H20N2O3/c19-15(20)14-9-12-3-1-2-4-13(12)10-18(14)16(21)17-8-7-11-5-6-11/h1-4,11,14H,5-10H2,(H,17,21)(H,19,20)/t14-/m0/s1. The zero-order chi connectivity index (χ0) is 14.8. The largest absolute Gasteiger partial charge is 0.480 e. The molecule has 0 radical (unpaired) electrons. The molecule has 2 N–H and O–H groups in total. The van der Waals surface area contributed by atoms with Crippen LogP contribution in [0.1, 0.15) is 30.4 Å². The van der Waals surface area contributed by atoms with Crippen LogP contribution in [0.5, 0.6) is 0 Å². The zero-order valence-electron chi connectivity index (χ0n) is 11.9. The molecule has 5 heteroatoms. The van der Waals surface area contributed by atoms with Gasteiger partial charge in [0.2, 0.25) is 0 Å². The maximum absolute atomic E-state index is 12.3. The van der Waals surface area contributed by atoms with Gasteiger partial charge in [0.05, 0.1) is 0 Å². The molecule has 3 rings (SSSR count). The Kier molecular flexibility index (Phi) is 3.82. The number of benzene rings is 1. The number of carbonyl (C=O) groups excluding carboxylic acids is 1. The van der Waals surface area contributed by atoms with Gasteiger partial charge in [-0.2, -0.15) is 0 Å². The lowest BCUT2D eigenvalue weighted by molar-refractivity contribution is -0.142. The normalized spacial score (nSPS) is 20.8. The number of carbonyl (C=O) groups is 2. The molecule has 21 heavy (non-hydrogen) atoms. The molecule has 1 aromatic carbocycles. The fraction of sp³-hybridized carbons (Fsp3) is 0.500. The van der Waals surface area contributed by atoms with E-state index < -0.39 is 12.0 Å². The van der Waals surface area contributed by atoms with Crippen LogP contribution in [0.2, 0.25) is 0 Å². The highest BCUT2D eigenvalue weighted by atomic mass is 16.4. The average Bonchev–Trinajstić information content (AvgIpc) is 3.30. The van der Waals surface area contributed by atoms with Crippen LogP contribution in [0, 0.1) is 5.92 Å². The number of aliphatic carboxylic acids is 1. The number of rotatable bonds is 4. The molecular formula is C16H20N2O3. The van der Waals surface area contributed by atoms with E-state index in [4.69, 9.17) is 0 Å². The number of nitrogens with zero attached hydrogens (tertiary/aromatic N) is 1. The minimum absolute atomic E-state index is 0.266. The van der Waals surface area contributed by atoms with Crippen LogP contribution in [0.3, 0.4) is 0 Å². The highest BCUT2D eigenvalue weighted by Crippen LogP contribution is 2.31. The van der Waals surface area contributed by atoms with Gasteiger partial charge in [-0.25, -0.2) is 9.59 Å². The first kappa shape index (κ1) is 13.9. The maximum atomic E-state index is 12.3. The predicted molar refractivity (Wildman–Crippen MR) is 77.9 cm³/mol. The van der Waals surface area contributed by atoms with Crippen molar-refractivity contribution in [2.24, 2.45) is 5.92 Å². The van der Waals surface area contributed by atoms with Gasteiger partial charge >= 0.3 is 12.0 Å². The summed E-state index contributed by atoms with van der Waals surface area (Å²) in [4.78, 5) is 25.2. The molecule has 1 saturated carbocycles. The highest BCUT2D eigenvalue weighted by molar-refractivity contribution is 5.83. The summed E-state index contributed by atoms with van der Waals surface area (Å²) in [5.74, 6) is -0.190. The molecular weight excluding hydrogens is 268 g/mol. The lowest BCUT2D eigenvalue weighted by Crippen LogP contribution is -2.52. The molecule has 1 heterocycles. The molecule has 0 bridgehead atoms. The van der Waals surface area contributed by atoms with Gasteiger partial charge in [0.1, 0.15) is 6.04 Å². The fourth-order valence-corrected chi connectivity index (χ4v) is 2.85. The second-order valence-electron chi connectivity index (χ2n) is 5.92. The first-order valence-electron chi connectivity index (χ1n) is 7.49. The van der Waals surface area contributed by atoms with E-state index in [0.717, 1.165) is 23.5 Å². The Balaban J connectivity index is 1.68. The third-order valence-electron chi connectivity index (χ3n) is 4.32. The molecule has 1 atom stereocenters. The Morgan fingerprint density at radius 1 is 1.24 bits per heavy atom. The van der Waals surface area contributed by atoms with Gasteiger partial charge in [-0.1, -0.05) is 37.1 Å². The molecule has 112 valence electrons. The van der Waals surface area contributed by atoms with E-state index in [2.05, 4.69) is 5.32 Å². The number of carboxylic acid groups (broad SMARTS) is 1. The molecule has 1 aliphatic heterocycles. The molecule has 2 aliphatic rings. The highest BCUT2D eigenvalue weighted by Gasteiger charge is 2.34. The second kappa shape index (κ2) is 5.76. The van der Waals surface area contributed by atoms with E-state index in [1.54, 1.807) is 0 Å². The van der Waals surface area contributed by atoms with Crippen LogP contribution in [0.4, 0.5) is 4.79 Å². The van der Waals surface area contributed by atoms with Gasteiger partial charge in [-0.15, -0.1) is 0 Å². The van der Waals surface area contributed by atoms with Gasteiger partial charge in [0.25, 0.3) is 0 Å². The van der Waals surface area contributed by atoms with Crippen molar-refractivity contribution in [3.8, 4) is 0 Å². The van der Waals surface area contributed by atoms with Crippen molar-refractivity contribution in [3.05, 3.63) is 35.4 Å². The Morgan fingerprint density at radius 3 is 2.62 bits per heavy atom. The number of nitrogens with one attached hydrogen (secondary N) is 1. The third kappa shape index (κ3) is 3.17. The predicted octanol–water partition coefficient (Wildman–Crippen LogP) is 2.01. The van der Waals surface area contributed by atoms with Gasteiger partial charge in [0, 0.05) is 19.5 Å². The SMILES string of the molecule is O=C(O)[C@@H]1Cc2ccccc2CN1C(=O)NCCC1CC1. The summed E-state index contributed by atoms with van der Waals surface area (Å²) in [7, 11) is 0. The zero-order valence-corrected chi connectivity index (χ0v) is 11.9. The molecule has 5 nitrogen and oxygen atoms in total. The van der Waals surface area contributed by atoms with Crippen molar-refractivity contribution in [2.45, 2.75) is 38.3 Å². The number of hydrogen-bond donors (Lipinski definition) is 2. The second-order valence-corrected chi connectivity index (χ2v) is 5.92. The molecule has 0 aromatic heterocycles. The van der Waals surface area contributed by atoms with Crippen LogP contribution in [0.25, 0.3) is 0 Å². The van der Waals surface area contributed by atoms with Crippen LogP contribution in [0.15, 0.2) is 24.3 Å². The van der Waals surface area contributed by atoms with Crippen molar-refractivity contribution in [3.63, 3.8) is 0 Å². The minimum atomic E-state index is -0.943. The fourth-order valence-electron chi connectivity index (χ4n) is 2.85. The quantitative estimate of drug-likeness (QED) is 0.890. The summed E-state index contributed by atoms with van der Waals surface area (Å²) < 4.78 is 0. The molecule has 1 aromatic rings. The lowest BCUT2D eigenvalue weighted by atomic mass is 9.94. The average molecular weight is 288 g/mol. The van der Waals surface area contributed by atoms with E-state index in [0.29, 0.717) is 19.5 Å². The number of urea groups is 1. The van der Waals surface area contributed by atoms with Crippen molar-refractivity contribution in [2.75, 3.05) is 6.54 Å². The van der Waals surface area contributed by atoms with E-state index in [9.17, 15) is 14.7 Å². The molecule has 0 saturated heterocycles. The van der Waals surface area contributed by atoms with Crippen molar-refractivity contribution < 1.29 is 14.7 Å². The van der Waals surface area contributed by atoms with Crippen molar-refractivity contribution >= 4 is 12.0 Å². The Bertz CT molecular complexity index is 554. The summed E-state index contributed by atoms with van der Waals surface area (Å²) in [6.45, 7) is 0.996. The first-order chi connectivity index (χ1) is 10.1. The summed E-state index contributed by atoms with van der Waals surface area (Å²) in [6, 6.07) is 6.68. The minimum Gasteiger partial charge on any atom is -0.480 e. The van der Waals surface area contributed by atoms with E-state index in [-0.39, 0.29) is 6.03 Å². The maximum Gasteiger partial charge on any atom is 0.326 e. The van der Waals surface area contributed by atoms with Crippen LogP contribution in [-0.2, 0) is 17.8 Å². The Labute approximate surface area is 123 Å². The van der Waals surface area contributed by atoms with E-state index in [1.165, 1.54) is 17.7 Å². The number of fused-ring (bicyclic) bond motifs is 1. The Morgan fingerprint density at radius 2 is 1.95 bits per heavy atom. The van der Waals surface area contributed by atoms with Gasteiger partial charge in [-0.3, -0.25) is 0 Å². The molecule has 0 unspecified atom stereocenters. The first-order valence-corrected chi connectivity index (χ1v) is 7.49. The van der Waals surface area contributed by atoms with Gasteiger partial charge < -0.3 is 15.3 Å². The Hall–Kier alpha value is -2.04. The summed E-state index contributed by atoms with van der Waals surface area (Å²) in [5, 5.41) is 12.2. The van der Waals surface area contributed by atoms with E-state index in [1.807, 2.05) is 24.3 Å². The molecule has 1 aliphatic carbocycles. The monoisotopic (exact) mass is 288 g/mol. The molecule has 0 spiro atoms. The van der Waals surface area contributed by atoms with Gasteiger partial charge in [0.15, 0.2) is 0 Å². The van der Waals surface area contributed by atoms with Gasteiger partial charge in [-0.05, 0) is 23.5 Å². The topological polar surface area (TPSA) is 69.6 Å². The number of hydrogen-bond acceptors (Lipinski definition) is 2. The third-order valence-corrected chi connectivity index (χ3v) is 4.32. The smallest absolute Gasteiger partial charge is 0.326 e. The number of amides is 2. The molecule has 2 amide bonds. The van der Waals surface area contributed by atoms with Crippen LogP contribution < -0.4 is 5.32 Å².